The van der Waals surface area contributed by atoms with Gasteiger partial charge in [-0.05, 0) is 42.3 Å². The van der Waals surface area contributed by atoms with Crippen LogP contribution in [0.1, 0.15) is 18.1 Å². The van der Waals surface area contributed by atoms with Gasteiger partial charge in [-0.15, -0.1) is 5.10 Å². The van der Waals surface area contributed by atoms with Crippen molar-refractivity contribution >= 4 is 16.9 Å². The maximum Gasteiger partial charge on any atom is 0.130 e. The molecular weight excluding hydrogens is 288 g/mol. The second-order valence-corrected chi connectivity index (χ2v) is 5.04. The monoisotopic (exact) mass is 306 g/mol. The molecule has 3 aromatic rings. The molecule has 2 aromatic carbocycles. The Labute approximate surface area is 134 Å². The largest absolute Gasteiger partial charge is 0.403 e. The van der Waals surface area contributed by atoms with Gasteiger partial charge in [-0.2, -0.15) is 0 Å². The lowest BCUT2D eigenvalue weighted by molar-refractivity contribution is 0.822. The van der Waals surface area contributed by atoms with E-state index < -0.39 is 0 Å². The Morgan fingerprint density at radius 3 is 2.87 bits per heavy atom. The Kier molecular flexibility index (Phi) is 4.05. The zero-order valence-electron chi connectivity index (χ0n) is 12.8. The lowest BCUT2D eigenvalue weighted by Gasteiger charge is -2.10. The third-order valence-corrected chi connectivity index (χ3v) is 3.64. The minimum Gasteiger partial charge on any atom is -0.403 e. The van der Waals surface area contributed by atoms with Crippen molar-refractivity contribution in [3.8, 4) is 5.69 Å². The lowest BCUT2D eigenvalue weighted by Crippen LogP contribution is -2.15. The lowest BCUT2D eigenvalue weighted by atomic mass is 10.0. The van der Waals surface area contributed by atoms with Gasteiger partial charge in [-0.1, -0.05) is 24.3 Å². The average Bonchev–Trinajstić information content (AvgIpc) is 3.03. The summed E-state index contributed by atoms with van der Waals surface area (Å²) in [5.74, 6) is 0.443. The number of aromatic nitrogens is 3. The van der Waals surface area contributed by atoms with Crippen molar-refractivity contribution in [2.75, 3.05) is 0 Å². The molecule has 1 heterocycles. The van der Waals surface area contributed by atoms with Crippen molar-refractivity contribution in [2.45, 2.75) is 13.3 Å². The van der Waals surface area contributed by atoms with E-state index in [4.69, 9.17) is 11.5 Å². The molecule has 0 radical (unpaired) electrons. The van der Waals surface area contributed by atoms with Gasteiger partial charge in [-0.3, -0.25) is 0 Å². The maximum absolute atomic E-state index is 6.03. The maximum atomic E-state index is 6.03. The summed E-state index contributed by atoms with van der Waals surface area (Å²) in [5.41, 5.74) is 16.1. The molecule has 0 spiro atoms. The third-order valence-electron chi connectivity index (χ3n) is 3.64. The molecule has 0 saturated carbocycles. The van der Waals surface area contributed by atoms with Crippen molar-refractivity contribution in [2.24, 2.45) is 16.5 Å². The molecule has 0 amide bonds. The summed E-state index contributed by atoms with van der Waals surface area (Å²) in [7, 11) is 0. The second-order valence-electron chi connectivity index (χ2n) is 5.04. The van der Waals surface area contributed by atoms with E-state index in [1.54, 1.807) is 0 Å². The van der Waals surface area contributed by atoms with Crippen LogP contribution in [0.15, 0.2) is 59.9 Å². The fourth-order valence-electron chi connectivity index (χ4n) is 2.51. The molecule has 4 N–H and O–H groups in total. The predicted octanol–water partition coefficient (Wildman–Crippen LogP) is 2.12. The molecule has 0 aliphatic carbocycles. The molecule has 0 bridgehead atoms. The molecule has 6 heteroatoms. The van der Waals surface area contributed by atoms with E-state index >= 15 is 0 Å². The Bertz CT molecular complexity index is 891. The first-order valence-electron chi connectivity index (χ1n) is 7.38. The van der Waals surface area contributed by atoms with E-state index in [-0.39, 0.29) is 0 Å². The quantitative estimate of drug-likeness (QED) is 0.570. The molecule has 6 nitrogen and oxygen atoms in total. The van der Waals surface area contributed by atoms with Gasteiger partial charge in [0, 0.05) is 18.0 Å². The number of rotatable bonds is 4. The van der Waals surface area contributed by atoms with E-state index in [1.165, 1.54) is 12.4 Å². The Balaban J connectivity index is 2.09. The summed E-state index contributed by atoms with van der Waals surface area (Å²) in [6, 6.07) is 13.8. The molecular formula is C17H18N6. The van der Waals surface area contributed by atoms with Crippen LogP contribution in [0.2, 0.25) is 0 Å². The van der Waals surface area contributed by atoms with Gasteiger partial charge in [0.25, 0.3) is 0 Å². The molecule has 0 fully saturated rings. The fourth-order valence-corrected chi connectivity index (χ4v) is 2.51. The number of nitrogens with two attached hydrogens (primary N) is 2. The molecule has 0 atom stereocenters. The molecule has 0 aliphatic rings. The molecule has 116 valence electrons. The average molecular weight is 306 g/mol. The number of benzene rings is 2. The van der Waals surface area contributed by atoms with Crippen molar-refractivity contribution in [1.29, 1.82) is 0 Å². The number of fused-ring (bicyclic) bond motifs is 1. The molecule has 0 unspecified atom stereocenters. The highest BCUT2D eigenvalue weighted by atomic mass is 15.4. The van der Waals surface area contributed by atoms with Crippen LogP contribution in [0.25, 0.3) is 16.7 Å². The van der Waals surface area contributed by atoms with Crippen molar-refractivity contribution in [3.05, 3.63) is 66.0 Å². The van der Waals surface area contributed by atoms with Gasteiger partial charge in [0.15, 0.2) is 0 Å². The Morgan fingerprint density at radius 1 is 1.26 bits per heavy atom. The van der Waals surface area contributed by atoms with Gasteiger partial charge in [-0.25, -0.2) is 9.67 Å². The van der Waals surface area contributed by atoms with Gasteiger partial charge in [0.1, 0.15) is 11.4 Å². The number of aliphatic imine (C=N–C) groups is 1. The predicted molar refractivity (Wildman–Crippen MR) is 92.3 cm³/mol. The SMILES string of the molecule is CCc1cc(-n2nnc3ccccc32)ccc1C(N)=N/C=C\N. The highest BCUT2D eigenvalue weighted by Crippen LogP contribution is 2.19. The summed E-state index contributed by atoms with van der Waals surface area (Å²) in [4.78, 5) is 4.12. The normalized spacial score (nSPS) is 12.3. The highest BCUT2D eigenvalue weighted by molar-refractivity contribution is 5.99. The van der Waals surface area contributed by atoms with Crippen LogP contribution in [-0.2, 0) is 6.42 Å². The topological polar surface area (TPSA) is 95.1 Å². The number of hydrogen-bond acceptors (Lipinski definition) is 4. The molecule has 3 rings (SSSR count). The summed E-state index contributed by atoms with van der Waals surface area (Å²) >= 11 is 0. The van der Waals surface area contributed by atoms with Gasteiger partial charge in [0.05, 0.1) is 11.2 Å². The first kappa shape index (κ1) is 14.8. The van der Waals surface area contributed by atoms with E-state index in [0.717, 1.165) is 34.3 Å². The molecule has 1 aromatic heterocycles. The first-order valence-corrected chi connectivity index (χ1v) is 7.38. The van der Waals surface area contributed by atoms with Crippen LogP contribution in [0.4, 0.5) is 0 Å². The van der Waals surface area contributed by atoms with Crippen LogP contribution in [0.3, 0.4) is 0 Å². The first-order chi connectivity index (χ1) is 11.2. The number of aryl methyl sites for hydroxylation is 1. The fraction of sp³-hybridized carbons (Fsp3) is 0.118. The standard InChI is InChI=1S/C17H18N6/c1-2-12-11-13(7-8-14(12)17(19)20-10-9-18)23-16-6-4-3-5-15(16)21-22-23/h3-11H,2,18H2,1H3,(H2,19,20)/b10-9-. The van der Waals surface area contributed by atoms with Gasteiger partial charge in [0.2, 0.25) is 0 Å². The van der Waals surface area contributed by atoms with E-state index in [2.05, 4.69) is 28.3 Å². The van der Waals surface area contributed by atoms with Gasteiger partial charge >= 0.3 is 0 Å². The molecule has 0 aliphatic heterocycles. The Hall–Kier alpha value is -3.15. The van der Waals surface area contributed by atoms with Crippen LogP contribution < -0.4 is 11.5 Å². The van der Waals surface area contributed by atoms with E-state index in [0.29, 0.717) is 5.84 Å². The number of nitrogens with zero attached hydrogens (tertiary/aromatic N) is 4. The zero-order chi connectivity index (χ0) is 16.2. The van der Waals surface area contributed by atoms with Crippen LogP contribution in [-0.4, -0.2) is 20.8 Å². The molecule has 0 saturated heterocycles. The van der Waals surface area contributed by atoms with Crippen LogP contribution >= 0.6 is 0 Å². The van der Waals surface area contributed by atoms with E-state index in [9.17, 15) is 0 Å². The minimum absolute atomic E-state index is 0.443. The number of para-hydroxylation sites is 1. The van der Waals surface area contributed by atoms with Gasteiger partial charge < -0.3 is 11.5 Å². The smallest absolute Gasteiger partial charge is 0.130 e. The zero-order valence-corrected chi connectivity index (χ0v) is 12.8. The number of hydrogen-bond donors (Lipinski definition) is 2. The van der Waals surface area contributed by atoms with E-state index in [1.807, 2.05) is 41.1 Å². The Morgan fingerprint density at radius 2 is 2.09 bits per heavy atom. The van der Waals surface area contributed by atoms with Crippen LogP contribution in [0, 0.1) is 0 Å². The number of amidine groups is 1. The summed E-state index contributed by atoms with van der Waals surface area (Å²) in [6.45, 7) is 2.08. The minimum atomic E-state index is 0.443. The summed E-state index contributed by atoms with van der Waals surface area (Å²) in [5, 5.41) is 8.43. The summed E-state index contributed by atoms with van der Waals surface area (Å²) in [6.07, 6.45) is 3.67. The van der Waals surface area contributed by atoms with Crippen molar-refractivity contribution in [3.63, 3.8) is 0 Å². The second kappa shape index (κ2) is 6.31. The van der Waals surface area contributed by atoms with Crippen molar-refractivity contribution in [1.82, 2.24) is 15.0 Å². The third kappa shape index (κ3) is 2.78. The molecule has 23 heavy (non-hydrogen) atoms. The highest BCUT2D eigenvalue weighted by Gasteiger charge is 2.10. The van der Waals surface area contributed by atoms with Crippen LogP contribution in [0.5, 0.6) is 0 Å². The summed E-state index contributed by atoms with van der Waals surface area (Å²) < 4.78 is 1.82. The van der Waals surface area contributed by atoms with Crippen molar-refractivity contribution < 1.29 is 0 Å².